The highest BCUT2D eigenvalue weighted by atomic mass is 15.2. The van der Waals surface area contributed by atoms with Gasteiger partial charge in [-0.2, -0.15) is 0 Å². The van der Waals surface area contributed by atoms with Crippen molar-refractivity contribution >= 4 is 0 Å². The van der Waals surface area contributed by atoms with Gasteiger partial charge in [0.15, 0.2) is 0 Å². The van der Waals surface area contributed by atoms with Crippen LogP contribution in [-0.2, 0) is 0 Å². The molecule has 0 aliphatic heterocycles. The maximum atomic E-state index is 3.61. The quantitative estimate of drug-likeness (QED) is 0.632. The molecule has 2 nitrogen and oxygen atoms in total. The fourth-order valence-corrected chi connectivity index (χ4v) is 2.19. The van der Waals surface area contributed by atoms with E-state index in [0.717, 1.165) is 12.6 Å². The number of hydrogen-bond donors (Lipinski definition) is 1. The zero-order valence-corrected chi connectivity index (χ0v) is 10.8. The van der Waals surface area contributed by atoms with E-state index in [9.17, 15) is 0 Å². The molecule has 1 aliphatic carbocycles. The molecule has 0 amide bonds. The van der Waals surface area contributed by atoms with Gasteiger partial charge in [0.25, 0.3) is 0 Å². The van der Waals surface area contributed by atoms with Gasteiger partial charge < -0.3 is 5.32 Å². The van der Waals surface area contributed by atoms with Crippen molar-refractivity contribution in [1.29, 1.82) is 0 Å². The molecule has 1 aliphatic rings. The Kier molecular flexibility index (Phi) is 6.26. The predicted octanol–water partition coefficient (Wildman–Crippen LogP) is 2.64. The number of nitrogens with zero attached hydrogens (tertiary/aromatic N) is 1. The molecule has 1 fully saturated rings. The monoisotopic (exact) mass is 212 g/mol. The van der Waals surface area contributed by atoms with Gasteiger partial charge in [0, 0.05) is 25.2 Å². The molecular weight excluding hydrogens is 184 g/mol. The van der Waals surface area contributed by atoms with Crippen LogP contribution in [0.1, 0.15) is 52.9 Å². The van der Waals surface area contributed by atoms with E-state index in [0.29, 0.717) is 6.04 Å². The van der Waals surface area contributed by atoms with Gasteiger partial charge in [0.1, 0.15) is 0 Å². The normalized spacial score (nSPS) is 18.4. The van der Waals surface area contributed by atoms with Crippen LogP contribution < -0.4 is 5.32 Å². The number of nitrogens with one attached hydrogen (secondary N) is 1. The molecule has 0 heterocycles. The third kappa shape index (κ3) is 5.53. The maximum Gasteiger partial charge on any atom is 0.0110 e. The maximum absolute atomic E-state index is 3.61. The Bertz CT molecular complexity index is 155. The molecule has 1 rings (SSSR count). The van der Waals surface area contributed by atoms with E-state index in [1.165, 1.54) is 45.2 Å². The molecule has 15 heavy (non-hydrogen) atoms. The van der Waals surface area contributed by atoms with Crippen molar-refractivity contribution < 1.29 is 0 Å². The van der Waals surface area contributed by atoms with Gasteiger partial charge in [-0.3, -0.25) is 4.90 Å². The molecule has 0 aromatic carbocycles. The van der Waals surface area contributed by atoms with Crippen molar-refractivity contribution in [3.05, 3.63) is 0 Å². The lowest BCUT2D eigenvalue weighted by Crippen LogP contribution is -2.37. The fourth-order valence-electron chi connectivity index (χ4n) is 2.19. The van der Waals surface area contributed by atoms with Crippen LogP contribution in [0.2, 0.25) is 0 Å². The van der Waals surface area contributed by atoms with Crippen LogP contribution >= 0.6 is 0 Å². The van der Waals surface area contributed by atoms with Crippen LogP contribution in [0.25, 0.3) is 0 Å². The van der Waals surface area contributed by atoms with Gasteiger partial charge >= 0.3 is 0 Å². The molecule has 1 unspecified atom stereocenters. The third-order valence-corrected chi connectivity index (χ3v) is 3.19. The minimum atomic E-state index is 0.692. The molecule has 0 radical (unpaired) electrons. The SMILES string of the molecule is CCCC(C)NCCN(CCC)C1CC1. The van der Waals surface area contributed by atoms with E-state index < -0.39 is 0 Å². The van der Waals surface area contributed by atoms with Crippen molar-refractivity contribution in [2.75, 3.05) is 19.6 Å². The number of rotatable bonds is 9. The average Bonchev–Trinajstić information content (AvgIpc) is 3.00. The first-order valence-electron chi connectivity index (χ1n) is 6.75. The summed E-state index contributed by atoms with van der Waals surface area (Å²) in [6.07, 6.45) is 6.75. The van der Waals surface area contributed by atoms with E-state index >= 15 is 0 Å². The van der Waals surface area contributed by atoms with E-state index in [1.807, 2.05) is 0 Å². The summed E-state index contributed by atoms with van der Waals surface area (Å²) in [5, 5.41) is 3.61. The summed E-state index contributed by atoms with van der Waals surface area (Å²) in [6.45, 7) is 10.5. The molecule has 0 spiro atoms. The first kappa shape index (κ1) is 13.0. The molecule has 1 saturated carbocycles. The van der Waals surface area contributed by atoms with Crippen LogP contribution in [0.4, 0.5) is 0 Å². The summed E-state index contributed by atoms with van der Waals surface area (Å²) in [5.74, 6) is 0. The smallest absolute Gasteiger partial charge is 0.0110 e. The van der Waals surface area contributed by atoms with Crippen molar-refractivity contribution in [1.82, 2.24) is 10.2 Å². The molecule has 1 atom stereocenters. The van der Waals surface area contributed by atoms with Crippen LogP contribution in [-0.4, -0.2) is 36.6 Å². The Hall–Kier alpha value is -0.0800. The molecule has 0 bridgehead atoms. The highest BCUT2D eigenvalue weighted by Gasteiger charge is 2.27. The summed E-state index contributed by atoms with van der Waals surface area (Å²) in [6, 6.07) is 1.62. The fraction of sp³-hybridized carbons (Fsp3) is 1.00. The first-order chi connectivity index (χ1) is 7.27. The van der Waals surface area contributed by atoms with Crippen molar-refractivity contribution in [2.45, 2.75) is 65.0 Å². The zero-order valence-electron chi connectivity index (χ0n) is 10.8. The molecule has 90 valence electrons. The van der Waals surface area contributed by atoms with E-state index in [-0.39, 0.29) is 0 Å². The molecular formula is C13H28N2. The van der Waals surface area contributed by atoms with Gasteiger partial charge in [-0.25, -0.2) is 0 Å². The number of hydrogen-bond acceptors (Lipinski definition) is 2. The van der Waals surface area contributed by atoms with Crippen LogP contribution in [0, 0.1) is 0 Å². The minimum absolute atomic E-state index is 0.692. The minimum Gasteiger partial charge on any atom is -0.313 e. The largest absolute Gasteiger partial charge is 0.313 e. The molecule has 0 saturated heterocycles. The van der Waals surface area contributed by atoms with E-state index in [1.54, 1.807) is 0 Å². The second-order valence-corrected chi connectivity index (χ2v) is 4.91. The molecule has 0 aromatic heterocycles. The standard InChI is InChI=1S/C13H28N2/c1-4-6-12(3)14-9-11-15(10-5-2)13-7-8-13/h12-14H,4-11H2,1-3H3. The molecule has 1 N–H and O–H groups in total. The van der Waals surface area contributed by atoms with Crippen molar-refractivity contribution in [3.8, 4) is 0 Å². The Balaban J connectivity index is 2.05. The highest BCUT2D eigenvalue weighted by Crippen LogP contribution is 2.26. The lowest BCUT2D eigenvalue weighted by Gasteiger charge is -2.22. The topological polar surface area (TPSA) is 15.3 Å². The summed E-state index contributed by atoms with van der Waals surface area (Å²) in [4.78, 5) is 2.66. The molecule has 0 aromatic rings. The van der Waals surface area contributed by atoms with Crippen LogP contribution in [0.3, 0.4) is 0 Å². The molecule has 2 heteroatoms. The second kappa shape index (κ2) is 7.24. The van der Waals surface area contributed by atoms with Crippen molar-refractivity contribution in [2.24, 2.45) is 0 Å². The van der Waals surface area contributed by atoms with Gasteiger partial charge in [-0.1, -0.05) is 20.3 Å². The van der Waals surface area contributed by atoms with Crippen LogP contribution in [0.15, 0.2) is 0 Å². The Labute approximate surface area is 95.4 Å². The Morgan fingerprint density at radius 3 is 2.47 bits per heavy atom. The van der Waals surface area contributed by atoms with Gasteiger partial charge in [-0.05, 0) is 39.2 Å². The van der Waals surface area contributed by atoms with Crippen molar-refractivity contribution in [3.63, 3.8) is 0 Å². The van der Waals surface area contributed by atoms with Crippen LogP contribution in [0.5, 0.6) is 0 Å². The Morgan fingerprint density at radius 1 is 1.20 bits per heavy atom. The first-order valence-corrected chi connectivity index (χ1v) is 6.75. The predicted molar refractivity (Wildman–Crippen MR) is 67.3 cm³/mol. The lowest BCUT2D eigenvalue weighted by atomic mass is 10.2. The van der Waals surface area contributed by atoms with E-state index in [4.69, 9.17) is 0 Å². The lowest BCUT2D eigenvalue weighted by molar-refractivity contribution is 0.259. The van der Waals surface area contributed by atoms with Gasteiger partial charge in [-0.15, -0.1) is 0 Å². The highest BCUT2D eigenvalue weighted by molar-refractivity contribution is 4.84. The van der Waals surface area contributed by atoms with Gasteiger partial charge in [0.2, 0.25) is 0 Å². The van der Waals surface area contributed by atoms with E-state index in [2.05, 4.69) is 31.0 Å². The zero-order chi connectivity index (χ0) is 11.1. The Morgan fingerprint density at radius 2 is 1.93 bits per heavy atom. The average molecular weight is 212 g/mol. The summed E-state index contributed by atoms with van der Waals surface area (Å²) < 4.78 is 0. The summed E-state index contributed by atoms with van der Waals surface area (Å²) >= 11 is 0. The summed E-state index contributed by atoms with van der Waals surface area (Å²) in [7, 11) is 0. The third-order valence-electron chi connectivity index (χ3n) is 3.19. The van der Waals surface area contributed by atoms with Gasteiger partial charge in [0.05, 0.1) is 0 Å². The summed E-state index contributed by atoms with van der Waals surface area (Å²) in [5.41, 5.74) is 0. The second-order valence-electron chi connectivity index (χ2n) is 4.91.